The largest absolute Gasteiger partial charge is 0.508 e. The molecule has 0 saturated carbocycles. The number of aromatic nitrogens is 1. The Labute approximate surface area is 109 Å². The van der Waals surface area contributed by atoms with Gasteiger partial charge in [-0.3, -0.25) is 9.78 Å². The molecule has 1 aromatic heterocycles. The van der Waals surface area contributed by atoms with Crippen LogP contribution in [0.5, 0.6) is 5.75 Å². The van der Waals surface area contributed by atoms with Gasteiger partial charge < -0.3 is 10.4 Å². The van der Waals surface area contributed by atoms with Crippen LogP contribution in [0.25, 0.3) is 0 Å². The summed E-state index contributed by atoms with van der Waals surface area (Å²) < 4.78 is 13.4. The van der Waals surface area contributed by atoms with E-state index in [2.05, 4.69) is 10.3 Å². The second-order valence-corrected chi connectivity index (χ2v) is 4.03. The van der Waals surface area contributed by atoms with Crippen LogP contribution in [0, 0.1) is 5.82 Å². The maximum absolute atomic E-state index is 13.4. The standard InChI is InChI=1S/C14H13FN2O2/c15-13-9-11(18)1-2-12(13)14(19)17-8-5-10-3-6-16-7-4-10/h1-4,6-7,9,18H,5,8H2,(H,17,19). The summed E-state index contributed by atoms with van der Waals surface area (Å²) in [4.78, 5) is 15.6. The van der Waals surface area contributed by atoms with Gasteiger partial charge in [0, 0.05) is 25.0 Å². The molecule has 4 nitrogen and oxygen atoms in total. The van der Waals surface area contributed by atoms with E-state index in [0.717, 1.165) is 11.6 Å². The number of nitrogens with one attached hydrogen (secondary N) is 1. The molecule has 0 fully saturated rings. The predicted octanol–water partition coefficient (Wildman–Crippen LogP) is 1.90. The Bertz CT molecular complexity index is 573. The molecule has 0 unspecified atom stereocenters. The number of phenolic OH excluding ortho intramolecular Hbond substituents is 1. The molecule has 98 valence electrons. The third-order valence-corrected chi connectivity index (χ3v) is 2.65. The minimum atomic E-state index is -0.735. The van der Waals surface area contributed by atoms with E-state index in [0.29, 0.717) is 13.0 Å². The number of phenols is 1. The molecule has 5 heteroatoms. The predicted molar refractivity (Wildman–Crippen MR) is 68.3 cm³/mol. The highest BCUT2D eigenvalue weighted by Gasteiger charge is 2.11. The van der Waals surface area contributed by atoms with Gasteiger partial charge in [-0.1, -0.05) is 0 Å². The first-order chi connectivity index (χ1) is 9.16. The Kier molecular flexibility index (Phi) is 4.07. The molecule has 0 bridgehead atoms. The maximum Gasteiger partial charge on any atom is 0.254 e. The zero-order valence-corrected chi connectivity index (χ0v) is 10.1. The Morgan fingerprint density at radius 2 is 2.00 bits per heavy atom. The van der Waals surface area contributed by atoms with Crippen molar-refractivity contribution in [2.75, 3.05) is 6.54 Å². The van der Waals surface area contributed by atoms with Crippen molar-refractivity contribution in [2.45, 2.75) is 6.42 Å². The van der Waals surface area contributed by atoms with Gasteiger partial charge in [-0.15, -0.1) is 0 Å². The van der Waals surface area contributed by atoms with E-state index in [4.69, 9.17) is 5.11 Å². The van der Waals surface area contributed by atoms with Crippen LogP contribution < -0.4 is 5.32 Å². The van der Waals surface area contributed by atoms with Crippen LogP contribution in [0.15, 0.2) is 42.7 Å². The highest BCUT2D eigenvalue weighted by Crippen LogP contribution is 2.14. The fourth-order valence-electron chi connectivity index (χ4n) is 1.65. The second-order valence-electron chi connectivity index (χ2n) is 4.03. The van der Waals surface area contributed by atoms with Gasteiger partial charge in [0.05, 0.1) is 5.56 Å². The number of hydrogen-bond donors (Lipinski definition) is 2. The van der Waals surface area contributed by atoms with Crippen LogP contribution in [0.2, 0.25) is 0 Å². The molecule has 2 rings (SSSR count). The van der Waals surface area contributed by atoms with Gasteiger partial charge in [-0.2, -0.15) is 0 Å². The summed E-state index contributed by atoms with van der Waals surface area (Å²) in [6, 6.07) is 7.16. The lowest BCUT2D eigenvalue weighted by molar-refractivity contribution is 0.0950. The summed E-state index contributed by atoms with van der Waals surface area (Å²) >= 11 is 0. The lowest BCUT2D eigenvalue weighted by Crippen LogP contribution is -2.26. The van der Waals surface area contributed by atoms with E-state index in [1.165, 1.54) is 12.1 Å². The smallest absolute Gasteiger partial charge is 0.254 e. The fourth-order valence-corrected chi connectivity index (χ4v) is 1.65. The number of benzene rings is 1. The molecule has 19 heavy (non-hydrogen) atoms. The van der Waals surface area contributed by atoms with Crippen molar-refractivity contribution in [2.24, 2.45) is 0 Å². The summed E-state index contributed by atoms with van der Waals surface area (Å²) in [7, 11) is 0. The summed E-state index contributed by atoms with van der Waals surface area (Å²) in [5, 5.41) is 11.7. The van der Waals surface area contributed by atoms with Crippen molar-refractivity contribution in [3.8, 4) is 5.75 Å². The average Bonchev–Trinajstić information content (AvgIpc) is 2.39. The molecule has 1 aromatic carbocycles. The third kappa shape index (κ3) is 3.51. The molecule has 0 radical (unpaired) electrons. The summed E-state index contributed by atoms with van der Waals surface area (Å²) in [6.07, 6.45) is 4.00. The molecule has 2 N–H and O–H groups in total. The topological polar surface area (TPSA) is 62.2 Å². The van der Waals surface area contributed by atoms with Gasteiger partial charge in [0.25, 0.3) is 5.91 Å². The summed E-state index contributed by atoms with van der Waals surface area (Å²) in [5.74, 6) is -1.43. The molecule has 0 aliphatic carbocycles. The number of carbonyl (C=O) groups excluding carboxylic acids is 1. The Morgan fingerprint density at radius 3 is 2.68 bits per heavy atom. The third-order valence-electron chi connectivity index (χ3n) is 2.65. The summed E-state index contributed by atoms with van der Waals surface area (Å²) in [6.45, 7) is 0.406. The van der Waals surface area contributed by atoms with Gasteiger partial charge >= 0.3 is 0 Å². The molecule has 0 aliphatic rings. The monoisotopic (exact) mass is 260 g/mol. The molecular formula is C14H13FN2O2. The molecule has 1 amide bonds. The van der Waals surface area contributed by atoms with E-state index in [1.54, 1.807) is 12.4 Å². The molecule has 1 heterocycles. The normalized spacial score (nSPS) is 10.2. The van der Waals surface area contributed by atoms with Crippen LogP contribution in [0.1, 0.15) is 15.9 Å². The van der Waals surface area contributed by atoms with Crippen molar-refractivity contribution in [1.82, 2.24) is 10.3 Å². The van der Waals surface area contributed by atoms with Crippen molar-refractivity contribution >= 4 is 5.91 Å². The second kappa shape index (κ2) is 5.95. The molecule has 0 spiro atoms. The molecule has 0 aliphatic heterocycles. The first-order valence-corrected chi connectivity index (χ1v) is 5.82. The molecule has 0 saturated heterocycles. The number of amides is 1. The van der Waals surface area contributed by atoms with Crippen LogP contribution in [0.4, 0.5) is 4.39 Å². The summed E-state index contributed by atoms with van der Waals surface area (Å²) in [5.41, 5.74) is 0.967. The van der Waals surface area contributed by atoms with Gasteiger partial charge in [0.15, 0.2) is 0 Å². The van der Waals surface area contributed by atoms with Crippen molar-refractivity contribution < 1.29 is 14.3 Å². The van der Waals surface area contributed by atoms with Gasteiger partial charge in [0.2, 0.25) is 0 Å². The Morgan fingerprint density at radius 1 is 1.26 bits per heavy atom. The lowest BCUT2D eigenvalue weighted by Gasteiger charge is -2.06. The molecular weight excluding hydrogens is 247 g/mol. The SMILES string of the molecule is O=C(NCCc1ccncc1)c1ccc(O)cc1F. The Hall–Kier alpha value is -2.43. The number of halogens is 1. The quantitative estimate of drug-likeness (QED) is 0.882. The number of hydrogen-bond acceptors (Lipinski definition) is 3. The van der Waals surface area contributed by atoms with Crippen molar-refractivity contribution in [3.63, 3.8) is 0 Å². The number of aromatic hydroxyl groups is 1. The van der Waals surface area contributed by atoms with Crippen LogP contribution in [-0.4, -0.2) is 22.5 Å². The highest BCUT2D eigenvalue weighted by atomic mass is 19.1. The van der Waals surface area contributed by atoms with Crippen LogP contribution in [0.3, 0.4) is 0 Å². The van der Waals surface area contributed by atoms with E-state index in [9.17, 15) is 9.18 Å². The maximum atomic E-state index is 13.4. The van der Waals surface area contributed by atoms with E-state index >= 15 is 0 Å². The first kappa shape index (κ1) is 13.0. The molecule has 0 atom stereocenters. The average molecular weight is 260 g/mol. The Balaban J connectivity index is 1.91. The van der Waals surface area contributed by atoms with Gasteiger partial charge in [-0.25, -0.2) is 4.39 Å². The van der Waals surface area contributed by atoms with E-state index in [-0.39, 0.29) is 11.3 Å². The van der Waals surface area contributed by atoms with Crippen LogP contribution >= 0.6 is 0 Å². The first-order valence-electron chi connectivity index (χ1n) is 5.82. The zero-order chi connectivity index (χ0) is 13.7. The van der Waals surface area contributed by atoms with Crippen molar-refractivity contribution in [3.05, 3.63) is 59.7 Å². The minimum absolute atomic E-state index is 0.0764. The van der Waals surface area contributed by atoms with Crippen molar-refractivity contribution in [1.29, 1.82) is 0 Å². The minimum Gasteiger partial charge on any atom is -0.508 e. The number of nitrogens with zero attached hydrogens (tertiary/aromatic N) is 1. The van der Waals surface area contributed by atoms with Gasteiger partial charge in [-0.05, 0) is 36.2 Å². The number of pyridine rings is 1. The van der Waals surface area contributed by atoms with Crippen LogP contribution in [-0.2, 0) is 6.42 Å². The molecule has 2 aromatic rings. The van der Waals surface area contributed by atoms with E-state index in [1.807, 2.05) is 12.1 Å². The van der Waals surface area contributed by atoms with E-state index < -0.39 is 11.7 Å². The van der Waals surface area contributed by atoms with Gasteiger partial charge in [0.1, 0.15) is 11.6 Å². The fraction of sp³-hybridized carbons (Fsp3) is 0.143. The highest BCUT2D eigenvalue weighted by molar-refractivity contribution is 5.94. The number of rotatable bonds is 4. The lowest BCUT2D eigenvalue weighted by atomic mass is 10.1. The zero-order valence-electron chi connectivity index (χ0n) is 10.1. The number of carbonyl (C=O) groups is 1.